The van der Waals surface area contributed by atoms with E-state index in [1.165, 1.54) is 31.3 Å². The molecule has 0 spiro atoms. The summed E-state index contributed by atoms with van der Waals surface area (Å²) in [4.78, 5) is 21.2. The normalized spacial score (nSPS) is 20.0. The second kappa shape index (κ2) is 10.9. The summed E-state index contributed by atoms with van der Waals surface area (Å²) >= 11 is 0. The average molecular weight is 512 g/mol. The number of hydrogen-bond donors (Lipinski definition) is 3. The fourth-order valence-corrected chi connectivity index (χ4v) is 6.61. The predicted octanol–water partition coefficient (Wildman–Crippen LogP) is 4.46. The van der Waals surface area contributed by atoms with Crippen LogP contribution in [-0.2, 0) is 15.5 Å². The van der Waals surface area contributed by atoms with Crippen molar-refractivity contribution >= 4 is 44.7 Å². The van der Waals surface area contributed by atoms with Gasteiger partial charge in [-0.05, 0) is 68.9 Å². The van der Waals surface area contributed by atoms with Gasteiger partial charge in [0.25, 0.3) is 5.91 Å². The van der Waals surface area contributed by atoms with Gasteiger partial charge in [-0.3, -0.25) is 4.79 Å². The minimum atomic E-state index is -0.540. The zero-order chi connectivity index (χ0) is 25.1. The fraction of sp³-hybridized carbons (Fsp3) is 0.423. The number of fused-ring (bicyclic) bond motifs is 1. The van der Waals surface area contributed by atoms with E-state index >= 15 is 0 Å². The monoisotopic (exact) mass is 511 g/mol. The first-order valence-electron chi connectivity index (χ1n) is 12.3. The van der Waals surface area contributed by atoms with E-state index in [-0.39, 0.29) is 35.0 Å². The van der Waals surface area contributed by atoms with Crippen LogP contribution in [0, 0.1) is 12.7 Å². The summed E-state index contributed by atoms with van der Waals surface area (Å²) in [5.41, 5.74) is 3.16. The van der Waals surface area contributed by atoms with Crippen molar-refractivity contribution in [2.75, 3.05) is 23.4 Å². The van der Waals surface area contributed by atoms with Crippen molar-refractivity contribution in [1.82, 2.24) is 15.3 Å². The topological polar surface area (TPSA) is 109 Å². The Morgan fingerprint density at radius 1 is 1.19 bits per heavy atom. The number of benzene rings is 2. The molecule has 2 atom stereocenters. The summed E-state index contributed by atoms with van der Waals surface area (Å²) in [6.07, 6.45) is 5.69. The molecule has 1 saturated carbocycles. The van der Waals surface area contributed by atoms with Gasteiger partial charge >= 0.3 is 0 Å². The summed E-state index contributed by atoms with van der Waals surface area (Å²) in [6.45, 7) is 1.70. The lowest BCUT2D eigenvalue weighted by atomic mass is 10.1. The van der Waals surface area contributed by atoms with Gasteiger partial charge in [0.05, 0.1) is 29.0 Å². The molecule has 2 aliphatic rings. The highest BCUT2D eigenvalue weighted by Gasteiger charge is 2.26. The van der Waals surface area contributed by atoms with Crippen LogP contribution in [0.4, 0.5) is 21.6 Å². The molecule has 1 unspecified atom stereocenters. The van der Waals surface area contributed by atoms with Gasteiger partial charge in [-0.25, -0.2) is 18.7 Å². The third-order valence-corrected chi connectivity index (χ3v) is 8.53. The van der Waals surface area contributed by atoms with Gasteiger partial charge in [-0.1, -0.05) is 10.7 Å². The second-order valence-electron chi connectivity index (χ2n) is 9.27. The quantitative estimate of drug-likeness (QED) is 0.432. The lowest BCUT2D eigenvalue weighted by Crippen LogP contribution is -2.42. The number of rotatable bonds is 7. The molecule has 1 aromatic heterocycles. The van der Waals surface area contributed by atoms with E-state index < -0.39 is 11.9 Å². The summed E-state index contributed by atoms with van der Waals surface area (Å²) in [5.74, 6) is 2.21. The van der Waals surface area contributed by atoms with Gasteiger partial charge in [0.2, 0.25) is 0 Å². The minimum Gasteiger partial charge on any atom is -0.481 e. The first kappa shape index (κ1) is 24.6. The third-order valence-electron chi connectivity index (χ3n) is 6.55. The number of aromatic nitrogens is 2. The molecule has 190 valence electrons. The van der Waals surface area contributed by atoms with Crippen LogP contribution < -0.4 is 15.4 Å². The van der Waals surface area contributed by atoms with Crippen LogP contribution in [0.3, 0.4) is 0 Å². The molecule has 0 radical (unpaired) electrons. The van der Waals surface area contributed by atoms with Crippen molar-refractivity contribution in [3.05, 3.63) is 48.0 Å². The van der Waals surface area contributed by atoms with E-state index in [0.29, 0.717) is 17.9 Å². The Bertz CT molecular complexity index is 1310. The number of nitrogens with zero attached hydrogens (tertiary/aromatic N) is 3. The molecule has 3 aromatic rings. The van der Waals surface area contributed by atoms with Crippen LogP contribution in [0.15, 0.2) is 41.0 Å². The molecule has 36 heavy (non-hydrogen) atoms. The fourth-order valence-electron chi connectivity index (χ4n) is 4.75. The molecule has 5 rings (SSSR count). The number of aliphatic hydroxyl groups excluding tert-OH is 1. The van der Waals surface area contributed by atoms with Gasteiger partial charge in [-0.15, -0.1) is 0 Å². The lowest BCUT2D eigenvalue weighted by molar-refractivity contribution is -0.124. The predicted molar refractivity (Wildman–Crippen MR) is 140 cm³/mol. The third kappa shape index (κ3) is 5.65. The molecule has 1 amide bonds. The van der Waals surface area contributed by atoms with Crippen molar-refractivity contribution < 1.29 is 19.0 Å². The van der Waals surface area contributed by atoms with Crippen LogP contribution in [0.2, 0.25) is 0 Å². The Morgan fingerprint density at radius 3 is 2.81 bits per heavy atom. The molecule has 10 heteroatoms. The van der Waals surface area contributed by atoms with E-state index in [0.717, 1.165) is 46.5 Å². The summed E-state index contributed by atoms with van der Waals surface area (Å²) in [7, 11) is 0.0854. The van der Waals surface area contributed by atoms with Crippen molar-refractivity contribution in [3.8, 4) is 5.75 Å². The van der Waals surface area contributed by atoms with Crippen LogP contribution in [-0.4, -0.2) is 51.2 Å². The van der Waals surface area contributed by atoms with Crippen molar-refractivity contribution in [2.45, 2.75) is 51.2 Å². The number of carbonyl (C=O) groups excluding carboxylic acids is 1. The van der Waals surface area contributed by atoms with E-state index in [2.05, 4.69) is 20.6 Å². The van der Waals surface area contributed by atoms with Gasteiger partial charge in [0.15, 0.2) is 6.61 Å². The molecule has 1 saturated heterocycles. The summed E-state index contributed by atoms with van der Waals surface area (Å²) in [6, 6.07) is 7.86. The lowest BCUT2D eigenvalue weighted by Gasteiger charge is -2.18. The van der Waals surface area contributed by atoms with Gasteiger partial charge in [-0.2, -0.15) is 0 Å². The molecular weight excluding hydrogens is 481 g/mol. The molecule has 1 aliphatic heterocycles. The van der Waals surface area contributed by atoms with Gasteiger partial charge in [0, 0.05) is 23.0 Å². The number of anilines is 2. The molecular formula is C26H30FN5O3S. The van der Waals surface area contributed by atoms with E-state index in [1.54, 1.807) is 6.07 Å². The van der Waals surface area contributed by atoms with E-state index in [9.17, 15) is 14.3 Å². The largest absolute Gasteiger partial charge is 0.481 e. The number of aryl methyl sites for hydroxylation is 1. The van der Waals surface area contributed by atoms with Crippen molar-refractivity contribution in [1.29, 1.82) is 0 Å². The van der Waals surface area contributed by atoms with Crippen LogP contribution in [0.25, 0.3) is 10.9 Å². The molecule has 2 fully saturated rings. The van der Waals surface area contributed by atoms with Crippen LogP contribution in [0.5, 0.6) is 5.75 Å². The zero-order valence-electron chi connectivity index (χ0n) is 20.2. The smallest absolute Gasteiger partial charge is 0.258 e. The molecule has 1 aliphatic carbocycles. The number of halogens is 1. The van der Waals surface area contributed by atoms with E-state index in [4.69, 9.17) is 9.10 Å². The first-order chi connectivity index (χ1) is 17.5. The van der Waals surface area contributed by atoms with Crippen molar-refractivity contribution in [3.63, 3.8) is 0 Å². The maximum absolute atomic E-state index is 14.0. The molecule has 2 aromatic carbocycles. The number of ether oxygens (including phenoxy) is 1. The summed E-state index contributed by atoms with van der Waals surface area (Å²) < 4.78 is 24.6. The minimum absolute atomic E-state index is 0.0854. The van der Waals surface area contributed by atoms with E-state index in [1.807, 2.05) is 19.1 Å². The SMILES string of the molecule is Cc1cc(N=S2CCCC2)cc2ncnc(Nc3ccc(F)cc3OCC(=O)N[C@@H]3CCCC3O)c12. The molecule has 8 nitrogen and oxygen atoms in total. The van der Waals surface area contributed by atoms with Crippen LogP contribution >= 0.6 is 0 Å². The number of aliphatic hydroxyl groups is 1. The Hall–Kier alpha value is -3.11. The standard InChI is InChI=1S/C26H30FN5O3S/c1-16-11-18(32-36-9-2-3-10-36)13-21-25(16)26(29-15-28-21)31-20-8-7-17(27)12-23(20)35-14-24(34)30-19-5-4-6-22(19)33/h7-8,11-13,15,19,22,33H,2-6,9-10,14H2,1H3,(H,30,34)(H,28,29,31)/t19-,22?/m1/s1. The molecule has 2 heterocycles. The second-order valence-corrected chi connectivity index (χ2v) is 11.2. The molecule has 0 bridgehead atoms. The maximum atomic E-state index is 14.0. The number of amides is 1. The van der Waals surface area contributed by atoms with Gasteiger partial charge < -0.3 is 20.5 Å². The number of carbonyl (C=O) groups is 1. The average Bonchev–Trinajstić information content (AvgIpc) is 3.51. The zero-order valence-corrected chi connectivity index (χ0v) is 21.0. The first-order valence-corrected chi connectivity index (χ1v) is 13.8. The van der Waals surface area contributed by atoms with Gasteiger partial charge in [0.1, 0.15) is 23.7 Å². The highest BCUT2D eigenvalue weighted by atomic mass is 32.2. The van der Waals surface area contributed by atoms with Crippen molar-refractivity contribution in [2.24, 2.45) is 4.36 Å². The van der Waals surface area contributed by atoms with Crippen LogP contribution in [0.1, 0.15) is 37.7 Å². The highest BCUT2D eigenvalue weighted by molar-refractivity contribution is 7.87. The Balaban J connectivity index is 1.36. The Labute approximate surface area is 211 Å². The summed E-state index contributed by atoms with van der Waals surface area (Å²) in [5, 5.41) is 16.8. The Kier molecular flexibility index (Phi) is 7.43. The Morgan fingerprint density at radius 2 is 2.03 bits per heavy atom. The maximum Gasteiger partial charge on any atom is 0.258 e. The highest BCUT2D eigenvalue weighted by Crippen LogP contribution is 2.34. The molecule has 3 N–H and O–H groups in total. The number of nitrogens with one attached hydrogen (secondary N) is 2. The number of hydrogen-bond acceptors (Lipinski definition) is 7.